The van der Waals surface area contributed by atoms with Crippen molar-refractivity contribution in [2.45, 2.75) is 32.9 Å². The van der Waals surface area contributed by atoms with Gasteiger partial charge in [-0.1, -0.05) is 19.1 Å². The van der Waals surface area contributed by atoms with Crippen LogP contribution in [-0.4, -0.2) is 21.6 Å². The fraction of sp³-hybridized carbons (Fsp3) is 0.375. The Kier molecular flexibility index (Phi) is 5.43. The van der Waals surface area contributed by atoms with Crippen molar-refractivity contribution in [3.8, 4) is 0 Å². The molecule has 118 valence electrons. The number of hydrogen-bond donors (Lipinski definition) is 4. The minimum atomic E-state index is -1.17. The van der Waals surface area contributed by atoms with E-state index < -0.39 is 6.23 Å². The number of aliphatic hydroxyl groups excluding tert-OH is 1. The third kappa shape index (κ3) is 3.79. The summed E-state index contributed by atoms with van der Waals surface area (Å²) >= 11 is 0. The van der Waals surface area contributed by atoms with Crippen molar-refractivity contribution in [2.75, 3.05) is 11.9 Å². The van der Waals surface area contributed by atoms with Gasteiger partial charge in [0, 0.05) is 5.69 Å². The number of nitrogens with zero attached hydrogens (tertiary/aromatic N) is 2. The summed E-state index contributed by atoms with van der Waals surface area (Å²) in [5, 5.41) is 12.9. The maximum atomic E-state index is 9.75. The second-order valence-electron chi connectivity index (χ2n) is 5.15. The van der Waals surface area contributed by atoms with Crippen LogP contribution < -0.4 is 16.8 Å². The number of anilines is 2. The molecule has 0 spiro atoms. The monoisotopic (exact) mass is 301 g/mol. The molecule has 1 heterocycles. The maximum absolute atomic E-state index is 9.75. The van der Waals surface area contributed by atoms with Crippen LogP contribution >= 0.6 is 0 Å². The number of rotatable bonds is 6. The summed E-state index contributed by atoms with van der Waals surface area (Å²) in [6, 6.07) is 7.90. The van der Waals surface area contributed by atoms with Gasteiger partial charge >= 0.3 is 0 Å². The smallest absolute Gasteiger partial charge is 0.156 e. The Labute approximate surface area is 130 Å². The zero-order valence-corrected chi connectivity index (χ0v) is 13.0. The molecule has 0 fully saturated rings. The van der Waals surface area contributed by atoms with Gasteiger partial charge in [0.05, 0.1) is 11.4 Å². The van der Waals surface area contributed by atoms with Gasteiger partial charge in [0.15, 0.2) is 5.82 Å². The Morgan fingerprint density at radius 1 is 1.32 bits per heavy atom. The van der Waals surface area contributed by atoms with Crippen LogP contribution in [0, 0.1) is 6.92 Å². The van der Waals surface area contributed by atoms with E-state index in [2.05, 4.69) is 15.3 Å². The quantitative estimate of drug-likeness (QED) is 0.602. The van der Waals surface area contributed by atoms with Gasteiger partial charge in [-0.25, -0.2) is 9.97 Å². The molecule has 6 heteroatoms. The van der Waals surface area contributed by atoms with Crippen LogP contribution in [0.2, 0.25) is 0 Å². The molecule has 6 nitrogen and oxygen atoms in total. The summed E-state index contributed by atoms with van der Waals surface area (Å²) in [5.41, 5.74) is 15.2. The van der Waals surface area contributed by atoms with E-state index in [4.69, 9.17) is 11.5 Å². The molecule has 6 N–H and O–H groups in total. The average molecular weight is 301 g/mol. The van der Waals surface area contributed by atoms with Crippen LogP contribution in [0.1, 0.15) is 35.8 Å². The Balaban J connectivity index is 2.36. The Bertz CT molecular complexity index is 642. The Morgan fingerprint density at radius 2 is 2.09 bits per heavy atom. The van der Waals surface area contributed by atoms with E-state index in [1.807, 2.05) is 38.1 Å². The third-order valence-corrected chi connectivity index (χ3v) is 3.43. The first-order valence-corrected chi connectivity index (χ1v) is 7.42. The highest BCUT2D eigenvalue weighted by molar-refractivity contribution is 5.59. The van der Waals surface area contributed by atoms with Crippen molar-refractivity contribution in [3.63, 3.8) is 0 Å². The predicted octanol–water partition coefficient (Wildman–Crippen LogP) is 1.54. The minimum absolute atomic E-state index is 0.353. The highest BCUT2D eigenvalue weighted by Crippen LogP contribution is 2.23. The van der Waals surface area contributed by atoms with Crippen molar-refractivity contribution >= 4 is 11.5 Å². The number of aliphatic hydroxyl groups is 1. The van der Waals surface area contributed by atoms with E-state index >= 15 is 0 Å². The summed E-state index contributed by atoms with van der Waals surface area (Å²) in [6.45, 7) is 4.49. The van der Waals surface area contributed by atoms with Crippen molar-refractivity contribution in [1.82, 2.24) is 9.97 Å². The number of nitrogens with one attached hydrogen (secondary N) is 1. The molecule has 0 bridgehead atoms. The van der Waals surface area contributed by atoms with E-state index in [1.54, 1.807) is 0 Å². The topological polar surface area (TPSA) is 110 Å². The SMILES string of the molecule is CCc1nc(C(N)O)c(Nc2cccc(CCN)c2)nc1C. The molecular weight excluding hydrogens is 278 g/mol. The number of aryl methyl sites for hydroxylation is 2. The van der Waals surface area contributed by atoms with Gasteiger partial charge in [-0.05, 0) is 44.0 Å². The zero-order valence-electron chi connectivity index (χ0n) is 13.0. The zero-order chi connectivity index (χ0) is 16.1. The molecule has 1 aromatic heterocycles. The van der Waals surface area contributed by atoms with Gasteiger partial charge in [-0.3, -0.25) is 0 Å². The number of nitrogens with two attached hydrogens (primary N) is 2. The van der Waals surface area contributed by atoms with E-state index in [9.17, 15) is 5.11 Å². The number of hydrogen-bond acceptors (Lipinski definition) is 6. The standard InChI is InChI=1S/C16H23N5O/c1-3-13-10(2)19-16(14(21-13)15(18)22)20-12-6-4-5-11(9-12)7-8-17/h4-6,9,15,22H,3,7-8,17-18H2,1-2H3,(H,19,20). The van der Waals surface area contributed by atoms with Gasteiger partial charge in [0.1, 0.15) is 11.9 Å². The molecule has 0 saturated heterocycles. The molecule has 2 rings (SSSR count). The van der Waals surface area contributed by atoms with Gasteiger partial charge in [0.2, 0.25) is 0 Å². The number of aromatic nitrogens is 2. The highest BCUT2D eigenvalue weighted by Gasteiger charge is 2.15. The van der Waals surface area contributed by atoms with Crippen LogP contribution in [0.15, 0.2) is 24.3 Å². The summed E-state index contributed by atoms with van der Waals surface area (Å²) in [4.78, 5) is 8.92. The van der Waals surface area contributed by atoms with Crippen LogP contribution in [0.3, 0.4) is 0 Å². The lowest BCUT2D eigenvalue weighted by Gasteiger charge is -2.15. The molecule has 0 aliphatic carbocycles. The predicted molar refractivity (Wildman–Crippen MR) is 87.8 cm³/mol. The molecular formula is C16H23N5O. The second-order valence-corrected chi connectivity index (χ2v) is 5.15. The molecule has 1 aromatic carbocycles. The molecule has 2 aromatic rings. The fourth-order valence-electron chi connectivity index (χ4n) is 2.31. The van der Waals surface area contributed by atoms with Crippen LogP contribution in [0.4, 0.5) is 11.5 Å². The van der Waals surface area contributed by atoms with E-state index in [0.29, 0.717) is 18.1 Å². The largest absolute Gasteiger partial charge is 0.373 e. The van der Waals surface area contributed by atoms with Gasteiger partial charge < -0.3 is 21.9 Å². The molecule has 0 saturated carbocycles. The lowest BCUT2D eigenvalue weighted by molar-refractivity contribution is 0.181. The van der Waals surface area contributed by atoms with Gasteiger partial charge in [-0.2, -0.15) is 0 Å². The Morgan fingerprint density at radius 3 is 2.73 bits per heavy atom. The van der Waals surface area contributed by atoms with Crippen molar-refractivity contribution < 1.29 is 5.11 Å². The molecule has 0 amide bonds. The summed E-state index contributed by atoms with van der Waals surface area (Å²) in [6.07, 6.45) is 0.375. The van der Waals surface area contributed by atoms with Crippen LogP contribution in [0.25, 0.3) is 0 Å². The molecule has 1 unspecified atom stereocenters. The molecule has 0 aliphatic rings. The highest BCUT2D eigenvalue weighted by atomic mass is 16.3. The first kappa shape index (κ1) is 16.4. The van der Waals surface area contributed by atoms with Crippen molar-refractivity contribution in [1.29, 1.82) is 0 Å². The van der Waals surface area contributed by atoms with E-state index in [-0.39, 0.29) is 0 Å². The van der Waals surface area contributed by atoms with Gasteiger partial charge in [0.25, 0.3) is 0 Å². The Hall–Kier alpha value is -2.02. The molecule has 0 aliphatic heterocycles. The summed E-state index contributed by atoms with van der Waals surface area (Å²) in [7, 11) is 0. The van der Waals surface area contributed by atoms with E-state index in [1.165, 1.54) is 0 Å². The molecule has 0 radical (unpaired) electrons. The van der Waals surface area contributed by atoms with Crippen LogP contribution in [-0.2, 0) is 12.8 Å². The summed E-state index contributed by atoms with van der Waals surface area (Å²) < 4.78 is 0. The maximum Gasteiger partial charge on any atom is 0.156 e. The van der Waals surface area contributed by atoms with Crippen molar-refractivity contribution in [3.05, 3.63) is 46.9 Å². The minimum Gasteiger partial charge on any atom is -0.373 e. The third-order valence-electron chi connectivity index (χ3n) is 3.43. The van der Waals surface area contributed by atoms with Gasteiger partial charge in [-0.15, -0.1) is 0 Å². The normalized spacial score (nSPS) is 12.2. The lowest BCUT2D eigenvalue weighted by atomic mass is 10.1. The fourth-order valence-corrected chi connectivity index (χ4v) is 2.31. The number of benzene rings is 1. The average Bonchev–Trinajstić information content (AvgIpc) is 2.48. The lowest BCUT2D eigenvalue weighted by Crippen LogP contribution is -2.16. The first-order valence-electron chi connectivity index (χ1n) is 7.42. The van der Waals surface area contributed by atoms with E-state index in [0.717, 1.165) is 35.5 Å². The molecule has 22 heavy (non-hydrogen) atoms. The second kappa shape index (κ2) is 7.31. The first-order chi connectivity index (χ1) is 10.5. The summed E-state index contributed by atoms with van der Waals surface area (Å²) in [5.74, 6) is 0.481. The van der Waals surface area contributed by atoms with Crippen molar-refractivity contribution in [2.24, 2.45) is 11.5 Å². The van der Waals surface area contributed by atoms with Crippen LogP contribution in [0.5, 0.6) is 0 Å². The molecule has 1 atom stereocenters.